The highest BCUT2D eigenvalue weighted by Crippen LogP contribution is 2.52. The number of carbonyl (C=O) groups excluding carboxylic acids is 3. The van der Waals surface area contributed by atoms with Gasteiger partial charge in [-0.05, 0) is 32.0 Å². The molecule has 2 heterocycles. The number of aliphatic hydroxyl groups is 2. The number of nitrogens with two attached hydrogens (primary N) is 1. The van der Waals surface area contributed by atoms with Crippen molar-refractivity contribution in [1.29, 1.82) is 0 Å². The Morgan fingerprint density at radius 1 is 1.15 bits per heavy atom. The second-order valence-electron chi connectivity index (χ2n) is 11.9. The molecule has 0 radical (unpaired) electrons. The molecule has 0 bridgehead atoms. The summed E-state index contributed by atoms with van der Waals surface area (Å²) in [6, 6.07) is 7.12. The number of hydrogen-bond acceptors (Lipinski definition) is 13. The number of phenols is 2. The fourth-order valence-corrected chi connectivity index (χ4v) is 6.73. The zero-order valence-corrected chi connectivity index (χ0v) is 25.7. The Balaban J connectivity index is 1.42. The van der Waals surface area contributed by atoms with E-state index in [0.29, 0.717) is 5.56 Å². The van der Waals surface area contributed by atoms with Gasteiger partial charge in [-0.1, -0.05) is 24.4 Å². The van der Waals surface area contributed by atoms with E-state index in [1.165, 1.54) is 25.4 Å². The summed E-state index contributed by atoms with van der Waals surface area (Å²) in [6.45, 7) is 2.40. The van der Waals surface area contributed by atoms with Crippen molar-refractivity contribution in [3.05, 3.63) is 81.7 Å². The standard InChI is InChI=1S/C33H32N2O10S/c1-14-28(38)19(34)9-23(44-14)45-22-11-33(42,15(2)36)10-18-25(22)31(41)26-27(29(18)39)32(46)17-6-3-7-21(24(17)30(26)40)43-13-20(37)16-5-4-8-35-12-16/h3-8,12,14,19,22-23,28,38-39,41-42H,9-11,13,34H2,1-2H3/t14?,19?,22-,23?,28?,33-/m0/s1. The van der Waals surface area contributed by atoms with E-state index in [4.69, 9.17) is 32.2 Å². The van der Waals surface area contributed by atoms with Crippen LogP contribution < -0.4 is 10.5 Å². The Labute approximate surface area is 268 Å². The molecular formula is C33H32N2O10S. The molecule has 0 spiro atoms. The largest absolute Gasteiger partial charge is 0.507 e. The number of aromatic hydroxyl groups is 2. The van der Waals surface area contributed by atoms with Gasteiger partial charge in [0.2, 0.25) is 11.6 Å². The number of aliphatic hydroxyl groups excluding tert-OH is 1. The zero-order valence-electron chi connectivity index (χ0n) is 24.9. The third-order valence-electron chi connectivity index (χ3n) is 8.92. The highest BCUT2D eigenvalue weighted by Gasteiger charge is 2.49. The van der Waals surface area contributed by atoms with E-state index in [0.717, 1.165) is 0 Å². The first kappa shape index (κ1) is 31.9. The second-order valence-corrected chi connectivity index (χ2v) is 12.3. The van der Waals surface area contributed by atoms with E-state index >= 15 is 0 Å². The Kier molecular flexibility index (Phi) is 8.25. The first-order valence-corrected chi connectivity index (χ1v) is 15.1. The fourth-order valence-electron chi connectivity index (χ4n) is 6.36. The number of nitrogens with zero attached hydrogens (tertiary/aromatic N) is 1. The molecule has 2 aromatic carbocycles. The van der Waals surface area contributed by atoms with Gasteiger partial charge in [0.15, 0.2) is 18.7 Å². The van der Waals surface area contributed by atoms with Gasteiger partial charge in [0.05, 0.1) is 39.9 Å². The van der Waals surface area contributed by atoms with Crippen LogP contribution in [0, 0.1) is 0 Å². The second kappa shape index (κ2) is 11.9. The van der Waals surface area contributed by atoms with Gasteiger partial charge in [-0.25, -0.2) is 0 Å². The first-order chi connectivity index (χ1) is 21.8. The van der Waals surface area contributed by atoms with Crippen molar-refractivity contribution in [1.82, 2.24) is 4.98 Å². The normalized spacial score (nSPS) is 26.9. The van der Waals surface area contributed by atoms with Crippen molar-refractivity contribution in [3.8, 4) is 17.2 Å². The lowest BCUT2D eigenvalue weighted by Crippen LogP contribution is -2.52. The number of phenolic OH excluding ortho intramolecular Hbond substituents is 2. The average Bonchev–Trinajstić information content (AvgIpc) is 3.02. The van der Waals surface area contributed by atoms with Gasteiger partial charge < -0.3 is 40.4 Å². The van der Waals surface area contributed by atoms with Crippen LogP contribution in [0.5, 0.6) is 17.2 Å². The number of ether oxygens (including phenoxy) is 3. The van der Waals surface area contributed by atoms with Gasteiger partial charge in [-0.2, -0.15) is 0 Å². The van der Waals surface area contributed by atoms with E-state index in [9.17, 15) is 34.8 Å². The molecule has 1 fully saturated rings. The molecule has 6 atom stereocenters. The Morgan fingerprint density at radius 2 is 1.91 bits per heavy atom. The predicted molar refractivity (Wildman–Crippen MR) is 165 cm³/mol. The van der Waals surface area contributed by atoms with Crippen LogP contribution in [0.15, 0.2) is 42.7 Å². The summed E-state index contributed by atoms with van der Waals surface area (Å²) in [4.78, 5) is 43.5. The van der Waals surface area contributed by atoms with Crippen molar-refractivity contribution in [2.45, 2.75) is 69.4 Å². The average molecular weight is 649 g/mol. The summed E-state index contributed by atoms with van der Waals surface area (Å²) < 4.78 is 17.7. The molecule has 12 nitrogen and oxygen atoms in total. The van der Waals surface area contributed by atoms with E-state index < -0.39 is 65.9 Å². The molecule has 2 aliphatic carbocycles. The number of pyridine rings is 1. The van der Waals surface area contributed by atoms with Crippen molar-refractivity contribution in [2.24, 2.45) is 5.73 Å². The SMILES string of the molecule is CC(=O)[C@]1(O)Cc2c(O)c3c(c(O)c2[C@@H](OC2CC(N)C(O)C(C)O2)C1)C(=O)c1c(OCC(=O)c2cccnc2)cccc1C3=S. The van der Waals surface area contributed by atoms with Crippen LogP contribution in [0.2, 0.25) is 0 Å². The third kappa shape index (κ3) is 5.28. The summed E-state index contributed by atoms with van der Waals surface area (Å²) >= 11 is 5.73. The first-order valence-electron chi connectivity index (χ1n) is 14.7. The molecule has 46 heavy (non-hydrogen) atoms. The molecule has 4 unspecified atom stereocenters. The molecule has 0 amide bonds. The van der Waals surface area contributed by atoms with Crippen molar-refractivity contribution in [2.75, 3.05) is 6.61 Å². The molecule has 13 heteroatoms. The highest BCUT2D eigenvalue weighted by atomic mass is 32.1. The minimum Gasteiger partial charge on any atom is -0.507 e. The summed E-state index contributed by atoms with van der Waals surface area (Å²) in [7, 11) is 0. The van der Waals surface area contributed by atoms with Crippen LogP contribution in [0.25, 0.3) is 0 Å². The molecule has 3 aromatic rings. The fraction of sp³-hybridized carbons (Fsp3) is 0.364. The van der Waals surface area contributed by atoms with Gasteiger partial charge in [-0.15, -0.1) is 0 Å². The van der Waals surface area contributed by atoms with Gasteiger partial charge >= 0.3 is 0 Å². The number of carbonyl (C=O) groups is 3. The highest BCUT2D eigenvalue weighted by molar-refractivity contribution is 7.81. The third-order valence-corrected chi connectivity index (χ3v) is 9.34. The molecular weight excluding hydrogens is 616 g/mol. The number of fused-ring (bicyclic) bond motifs is 3. The van der Waals surface area contributed by atoms with Gasteiger partial charge in [0.1, 0.15) is 22.8 Å². The summed E-state index contributed by atoms with van der Waals surface area (Å²) in [6.07, 6.45) is -1.62. The van der Waals surface area contributed by atoms with Crippen LogP contribution in [0.3, 0.4) is 0 Å². The minimum absolute atomic E-state index is 0.00782. The van der Waals surface area contributed by atoms with Gasteiger partial charge in [0, 0.05) is 60.0 Å². The zero-order chi connectivity index (χ0) is 33.1. The molecule has 6 N–H and O–H groups in total. The number of benzene rings is 2. The van der Waals surface area contributed by atoms with Crippen LogP contribution in [-0.2, 0) is 20.7 Å². The lowest BCUT2D eigenvalue weighted by Gasteiger charge is -2.42. The van der Waals surface area contributed by atoms with Gasteiger partial charge in [0.25, 0.3) is 0 Å². The van der Waals surface area contributed by atoms with Crippen LogP contribution >= 0.6 is 12.2 Å². The van der Waals surface area contributed by atoms with Gasteiger partial charge in [-0.3, -0.25) is 19.4 Å². The Hall–Kier alpha value is -4.11. The topological polar surface area (TPSA) is 199 Å². The minimum atomic E-state index is -1.99. The smallest absolute Gasteiger partial charge is 0.201 e. The molecule has 0 saturated carbocycles. The van der Waals surface area contributed by atoms with E-state index in [2.05, 4.69) is 4.98 Å². The number of thiocarbonyl (C=S) groups is 1. The predicted octanol–water partition coefficient (Wildman–Crippen LogP) is 2.21. The summed E-state index contributed by atoms with van der Waals surface area (Å²) in [5, 5.41) is 45.1. The molecule has 3 aliphatic rings. The number of Topliss-reactive ketones (excluding diaryl/α,β-unsaturated/α-hetero) is 2. The molecule has 1 aliphatic heterocycles. The van der Waals surface area contributed by atoms with E-state index in [1.807, 2.05) is 0 Å². The number of rotatable bonds is 7. The van der Waals surface area contributed by atoms with E-state index in [-0.39, 0.29) is 69.0 Å². The number of hydrogen-bond donors (Lipinski definition) is 5. The maximum atomic E-state index is 14.2. The van der Waals surface area contributed by atoms with E-state index in [1.54, 1.807) is 31.2 Å². The maximum absolute atomic E-state index is 14.2. The molecule has 1 aromatic heterocycles. The number of ketones is 3. The maximum Gasteiger partial charge on any atom is 0.201 e. The van der Waals surface area contributed by atoms with Crippen LogP contribution in [0.4, 0.5) is 0 Å². The number of aromatic nitrogens is 1. The lowest BCUT2D eigenvalue weighted by molar-refractivity contribution is -0.247. The van der Waals surface area contributed by atoms with Crippen molar-refractivity contribution >= 4 is 34.4 Å². The molecule has 240 valence electrons. The summed E-state index contributed by atoms with van der Waals surface area (Å²) in [5.74, 6) is -2.69. The Morgan fingerprint density at radius 3 is 2.59 bits per heavy atom. The quantitative estimate of drug-likeness (QED) is 0.111. The monoisotopic (exact) mass is 648 g/mol. The Bertz CT molecular complexity index is 1770. The molecule has 1 saturated heterocycles. The van der Waals surface area contributed by atoms with Crippen LogP contribution in [-0.4, -0.2) is 84.4 Å². The lowest BCUT2D eigenvalue weighted by atomic mass is 9.72. The van der Waals surface area contributed by atoms with Crippen LogP contribution in [0.1, 0.15) is 81.3 Å². The van der Waals surface area contributed by atoms with Crippen molar-refractivity contribution in [3.63, 3.8) is 0 Å². The summed E-state index contributed by atoms with van der Waals surface area (Å²) in [5.41, 5.74) is 4.17. The molecule has 6 rings (SSSR count). The van der Waals surface area contributed by atoms with Crippen molar-refractivity contribution < 1.29 is 49.0 Å².